The van der Waals surface area contributed by atoms with Crippen LogP contribution < -0.4 is 14.8 Å². The van der Waals surface area contributed by atoms with E-state index < -0.39 is 4.92 Å². The first-order valence-electron chi connectivity index (χ1n) is 8.05. The van der Waals surface area contributed by atoms with Crippen LogP contribution in [0, 0.1) is 10.1 Å². The molecule has 4 rings (SSSR count). The molecule has 2 aromatic carbocycles. The highest BCUT2D eigenvalue weighted by Gasteiger charge is 2.23. The van der Waals surface area contributed by atoms with Crippen LogP contribution in [0.15, 0.2) is 48.5 Å². The summed E-state index contributed by atoms with van der Waals surface area (Å²) in [7, 11) is 1.44. The van der Waals surface area contributed by atoms with E-state index in [4.69, 9.17) is 9.47 Å². The molecule has 0 radical (unpaired) electrons. The van der Waals surface area contributed by atoms with Crippen LogP contribution in [-0.4, -0.2) is 17.9 Å². The third-order valence-corrected chi connectivity index (χ3v) is 5.40. The minimum atomic E-state index is -0.521. The fraction of sp³-hybridized carbons (Fsp3) is 0.105. The molecule has 136 valence electrons. The molecule has 3 aromatic rings. The normalized spacial score (nSPS) is 11.7. The minimum Gasteiger partial charge on any atom is -0.495 e. The number of anilines is 1. The van der Waals surface area contributed by atoms with Gasteiger partial charge in [0, 0.05) is 28.1 Å². The maximum Gasteiger partial charge on any atom is 0.271 e. The molecule has 1 aliphatic heterocycles. The van der Waals surface area contributed by atoms with Crippen molar-refractivity contribution >= 4 is 28.6 Å². The number of para-hydroxylation sites is 1. The van der Waals surface area contributed by atoms with E-state index >= 15 is 0 Å². The van der Waals surface area contributed by atoms with Crippen LogP contribution in [0.1, 0.15) is 15.2 Å². The Kier molecular flexibility index (Phi) is 4.25. The van der Waals surface area contributed by atoms with Gasteiger partial charge in [0.2, 0.25) is 0 Å². The third kappa shape index (κ3) is 3.11. The second-order valence-electron chi connectivity index (χ2n) is 5.85. The number of non-ortho nitro benzene ring substituents is 1. The highest BCUT2D eigenvalue weighted by molar-refractivity contribution is 7.17. The molecule has 0 spiro atoms. The number of ether oxygens (including phenoxy) is 2. The lowest BCUT2D eigenvalue weighted by Gasteiger charge is -2.16. The highest BCUT2D eigenvalue weighted by Crippen LogP contribution is 2.42. The number of nitro benzene ring substituents is 1. The molecule has 0 bridgehead atoms. The summed E-state index contributed by atoms with van der Waals surface area (Å²) in [6, 6.07) is 13.5. The standard InChI is InChI=1S/C19H14N2O5S/c1-25-16-7-6-12(21(23)24)9-14(16)20-19(22)17-8-11-10-26-15-5-3-2-4-13(15)18(11)27-17/h2-9H,10H2,1H3,(H,20,22). The van der Waals surface area contributed by atoms with Crippen molar-refractivity contribution in [2.75, 3.05) is 12.4 Å². The van der Waals surface area contributed by atoms with Crippen LogP contribution in [-0.2, 0) is 6.61 Å². The molecule has 0 saturated heterocycles. The van der Waals surface area contributed by atoms with Crippen molar-refractivity contribution in [1.82, 2.24) is 0 Å². The summed E-state index contributed by atoms with van der Waals surface area (Å²) in [4.78, 5) is 24.7. The van der Waals surface area contributed by atoms with Crippen LogP contribution >= 0.6 is 11.3 Å². The van der Waals surface area contributed by atoms with Crippen molar-refractivity contribution in [3.8, 4) is 21.9 Å². The molecule has 7 nitrogen and oxygen atoms in total. The van der Waals surface area contributed by atoms with E-state index in [9.17, 15) is 14.9 Å². The van der Waals surface area contributed by atoms with Gasteiger partial charge in [0.15, 0.2) is 0 Å². The fourth-order valence-corrected chi connectivity index (χ4v) is 3.99. The molecule has 0 fully saturated rings. The Morgan fingerprint density at radius 1 is 1.26 bits per heavy atom. The number of rotatable bonds is 4. The second kappa shape index (κ2) is 6.73. The van der Waals surface area contributed by atoms with Crippen LogP contribution in [0.2, 0.25) is 0 Å². The van der Waals surface area contributed by atoms with Crippen molar-refractivity contribution < 1.29 is 19.2 Å². The average Bonchev–Trinajstić information content (AvgIpc) is 3.13. The molecule has 1 aliphatic rings. The summed E-state index contributed by atoms with van der Waals surface area (Å²) in [5.41, 5.74) is 2.02. The van der Waals surface area contributed by atoms with Gasteiger partial charge in [-0.3, -0.25) is 14.9 Å². The number of nitrogens with zero attached hydrogens (tertiary/aromatic N) is 1. The van der Waals surface area contributed by atoms with Gasteiger partial charge < -0.3 is 14.8 Å². The van der Waals surface area contributed by atoms with E-state index in [1.54, 1.807) is 6.07 Å². The summed E-state index contributed by atoms with van der Waals surface area (Å²) in [6.07, 6.45) is 0. The molecular weight excluding hydrogens is 368 g/mol. The predicted octanol–water partition coefficient (Wildman–Crippen LogP) is 4.48. The van der Waals surface area contributed by atoms with Gasteiger partial charge in [-0.2, -0.15) is 0 Å². The molecule has 0 saturated carbocycles. The summed E-state index contributed by atoms with van der Waals surface area (Å²) in [5.74, 6) is 0.786. The lowest BCUT2D eigenvalue weighted by molar-refractivity contribution is -0.384. The van der Waals surface area contributed by atoms with Crippen LogP contribution in [0.3, 0.4) is 0 Å². The number of methoxy groups -OCH3 is 1. The number of thiophene rings is 1. The summed E-state index contributed by atoms with van der Waals surface area (Å²) in [5, 5.41) is 13.7. The Balaban J connectivity index is 1.65. The number of hydrogen-bond acceptors (Lipinski definition) is 6. The van der Waals surface area contributed by atoms with Gasteiger partial charge in [-0.05, 0) is 24.3 Å². The van der Waals surface area contributed by atoms with E-state index in [2.05, 4.69) is 5.32 Å². The first-order valence-corrected chi connectivity index (χ1v) is 8.87. The molecule has 27 heavy (non-hydrogen) atoms. The number of carbonyl (C=O) groups excluding carboxylic acids is 1. The lowest BCUT2D eigenvalue weighted by Crippen LogP contribution is -2.11. The van der Waals surface area contributed by atoms with Gasteiger partial charge >= 0.3 is 0 Å². The van der Waals surface area contributed by atoms with E-state index in [1.165, 1.54) is 36.6 Å². The van der Waals surface area contributed by atoms with Crippen molar-refractivity contribution in [2.24, 2.45) is 0 Å². The molecular formula is C19H14N2O5S. The van der Waals surface area contributed by atoms with Gasteiger partial charge in [-0.25, -0.2) is 0 Å². The van der Waals surface area contributed by atoms with E-state index in [0.29, 0.717) is 17.2 Å². The van der Waals surface area contributed by atoms with Crippen molar-refractivity contribution in [1.29, 1.82) is 0 Å². The Labute approximate surface area is 158 Å². The monoisotopic (exact) mass is 382 g/mol. The zero-order valence-electron chi connectivity index (χ0n) is 14.2. The predicted molar refractivity (Wildman–Crippen MR) is 102 cm³/mol. The molecule has 0 aliphatic carbocycles. The number of fused-ring (bicyclic) bond motifs is 3. The van der Waals surface area contributed by atoms with Gasteiger partial charge in [0.25, 0.3) is 11.6 Å². The van der Waals surface area contributed by atoms with Crippen molar-refractivity contribution in [3.05, 3.63) is 69.1 Å². The molecule has 1 aromatic heterocycles. The average molecular weight is 382 g/mol. The van der Waals surface area contributed by atoms with Crippen molar-refractivity contribution in [3.63, 3.8) is 0 Å². The number of benzene rings is 2. The molecule has 0 unspecified atom stereocenters. The van der Waals surface area contributed by atoms with Gasteiger partial charge in [0.05, 0.1) is 22.6 Å². The number of amides is 1. The van der Waals surface area contributed by atoms with E-state index in [1.807, 2.05) is 24.3 Å². The molecule has 8 heteroatoms. The Morgan fingerprint density at radius 3 is 2.85 bits per heavy atom. The van der Waals surface area contributed by atoms with E-state index in [-0.39, 0.29) is 17.3 Å². The number of hydrogen-bond donors (Lipinski definition) is 1. The highest BCUT2D eigenvalue weighted by atomic mass is 32.1. The summed E-state index contributed by atoms with van der Waals surface area (Å²) in [6.45, 7) is 0.399. The maximum atomic E-state index is 12.7. The third-order valence-electron chi connectivity index (χ3n) is 4.19. The summed E-state index contributed by atoms with van der Waals surface area (Å²) >= 11 is 1.36. The molecule has 0 atom stereocenters. The first-order chi connectivity index (χ1) is 13.1. The summed E-state index contributed by atoms with van der Waals surface area (Å²) < 4.78 is 10.9. The fourth-order valence-electron chi connectivity index (χ4n) is 2.90. The Morgan fingerprint density at radius 2 is 2.07 bits per heavy atom. The van der Waals surface area contributed by atoms with Crippen LogP contribution in [0.5, 0.6) is 11.5 Å². The van der Waals surface area contributed by atoms with Gasteiger partial charge in [0.1, 0.15) is 18.1 Å². The van der Waals surface area contributed by atoms with Crippen LogP contribution in [0.4, 0.5) is 11.4 Å². The number of nitro groups is 1. The minimum absolute atomic E-state index is 0.126. The van der Waals surface area contributed by atoms with E-state index in [0.717, 1.165) is 21.8 Å². The number of carbonyl (C=O) groups is 1. The van der Waals surface area contributed by atoms with Gasteiger partial charge in [-0.15, -0.1) is 11.3 Å². The lowest BCUT2D eigenvalue weighted by atomic mass is 10.1. The zero-order chi connectivity index (χ0) is 19.0. The quantitative estimate of drug-likeness (QED) is 0.531. The maximum absolute atomic E-state index is 12.7. The first kappa shape index (κ1) is 17.0. The smallest absolute Gasteiger partial charge is 0.271 e. The number of nitrogens with one attached hydrogen (secondary N) is 1. The molecule has 1 N–H and O–H groups in total. The second-order valence-corrected chi connectivity index (χ2v) is 6.90. The van der Waals surface area contributed by atoms with Gasteiger partial charge in [-0.1, -0.05) is 12.1 Å². The molecule has 2 heterocycles. The molecule has 1 amide bonds. The van der Waals surface area contributed by atoms with Crippen LogP contribution in [0.25, 0.3) is 10.4 Å². The topological polar surface area (TPSA) is 90.7 Å². The Bertz CT molecular complexity index is 1060. The zero-order valence-corrected chi connectivity index (χ0v) is 15.0. The largest absolute Gasteiger partial charge is 0.495 e. The van der Waals surface area contributed by atoms with Crippen molar-refractivity contribution in [2.45, 2.75) is 6.61 Å². The SMILES string of the molecule is COc1ccc([N+](=O)[O-])cc1NC(=O)c1cc2c(s1)-c1ccccc1OC2. The Hall–Kier alpha value is -3.39.